The van der Waals surface area contributed by atoms with E-state index in [1.165, 1.54) is 23.7 Å². The van der Waals surface area contributed by atoms with Crippen LogP contribution in [0, 0.1) is 0 Å². The van der Waals surface area contributed by atoms with Crippen molar-refractivity contribution in [2.45, 2.75) is 25.1 Å². The maximum absolute atomic E-state index is 12.6. The van der Waals surface area contributed by atoms with Crippen molar-refractivity contribution in [1.29, 1.82) is 0 Å². The Balaban J connectivity index is 1.33. The van der Waals surface area contributed by atoms with E-state index in [-0.39, 0.29) is 11.9 Å². The molecule has 4 rings (SSSR count). The van der Waals surface area contributed by atoms with Crippen LogP contribution in [-0.2, 0) is 23.8 Å². The monoisotopic (exact) mass is 433 g/mol. The first-order chi connectivity index (χ1) is 14.3. The molecular weight excluding hydrogens is 415 g/mol. The predicted octanol–water partition coefficient (Wildman–Crippen LogP) is 3.70. The van der Waals surface area contributed by atoms with Gasteiger partial charge in [0.1, 0.15) is 5.01 Å². The van der Waals surface area contributed by atoms with Crippen LogP contribution in [0.4, 0.5) is 24.8 Å². The molecule has 1 atom stereocenters. The summed E-state index contributed by atoms with van der Waals surface area (Å²) in [6, 6.07) is 10.3. The largest absolute Gasteiger partial charge is 0.416 e. The summed E-state index contributed by atoms with van der Waals surface area (Å²) in [6.07, 6.45) is -3.57. The van der Waals surface area contributed by atoms with Crippen LogP contribution in [0.1, 0.15) is 16.7 Å². The summed E-state index contributed by atoms with van der Waals surface area (Å²) in [6.45, 7) is 0.375. The first-order valence-corrected chi connectivity index (χ1v) is 9.98. The number of nitrogens with one attached hydrogen (secondary N) is 2. The van der Waals surface area contributed by atoms with E-state index in [9.17, 15) is 18.0 Å². The second-order valence-corrected chi connectivity index (χ2v) is 7.81. The summed E-state index contributed by atoms with van der Waals surface area (Å²) in [5, 5.41) is 6.58. The molecule has 30 heavy (non-hydrogen) atoms. The van der Waals surface area contributed by atoms with Crippen molar-refractivity contribution in [3.8, 4) is 10.6 Å². The molecule has 10 heteroatoms. The third-order valence-corrected chi connectivity index (χ3v) is 5.47. The Morgan fingerprint density at radius 3 is 2.70 bits per heavy atom. The van der Waals surface area contributed by atoms with Gasteiger partial charge in [0.05, 0.1) is 12.0 Å². The molecule has 0 aliphatic carbocycles. The molecule has 1 aromatic heterocycles. The number of hydrogen-bond acceptors (Lipinski definition) is 6. The van der Waals surface area contributed by atoms with E-state index in [4.69, 9.17) is 5.73 Å². The highest BCUT2D eigenvalue weighted by Gasteiger charge is 2.30. The van der Waals surface area contributed by atoms with E-state index < -0.39 is 11.7 Å². The zero-order valence-corrected chi connectivity index (χ0v) is 16.5. The van der Waals surface area contributed by atoms with E-state index in [0.29, 0.717) is 25.3 Å². The number of alkyl halides is 3. The summed E-state index contributed by atoms with van der Waals surface area (Å²) < 4.78 is 42.2. The SMILES string of the molecule is N[C@H](CNc1nsc(-c2ccc3c(c2)CC(=O)N3)n1)Cc1ccc(C(F)(F)F)cc1. The van der Waals surface area contributed by atoms with E-state index in [1.54, 1.807) is 0 Å². The normalized spacial score (nSPS) is 14.3. The highest BCUT2D eigenvalue weighted by Crippen LogP contribution is 2.31. The number of carbonyl (C=O) groups is 1. The minimum Gasteiger partial charge on any atom is -0.352 e. The molecular formula is C20H18F3N5OS. The second kappa shape index (κ2) is 8.04. The number of hydrogen-bond donors (Lipinski definition) is 3. The number of rotatable bonds is 6. The number of amides is 1. The molecule has 2 aromatic carbocycles. The van der Waals surface area contributed by atoms with Gasteiger partial charge in [0.15, 0.2) is 0 Å². The van der Waals surface area contributed by atoms with Gasteiger partial charge in [-0.25, -0.2) is 0 Å². The van der Waals surface area contributed by atoms with Crippen LogP contribution < -0.4 is 16.4 Å². The van der Waals surface area contributed by atoms with Crippen molar-refractivity contribution >= 4 is 29.1 Å². The molecule has 0 unspecified atom stereocenters. The quantitative estimate of drug-likeness (QED) is 0.551. The molecule has 1 aliphatic rings. The average molecular weight is 433 g/mol. The Labute approximate surface area is 174 Å². The molecule has 0 radical (unpaired) electrons. The Bertz CT molecular complexity index is 1070. The van der Waals surface area contributed by atoms with Gasteiger partial charge in [-0.15, -0.1) is 0 Å². The lowest BCUT2D eigenvalue weighted by Gasteiger charge is -2.13. The fourth-order valence-electron chi connectivity index (χ4n) is 3.20. The molecule has 0 bridgehead atoms. The second-order valence-electron chi connectivity index (χ2n) is 7.06. The van der Waals surface area contributed by atoms with Crippen LogP contribution in [0.3, 0.4) is 0 Å². The van der Waals surface area contributed by atoms with Crippen molar-refractivity contribution in [1.82, 2.24) is 9.36 Å². The molecule has 6 nitrogen and oxygen atoms in total. The van der Waals surface area contributed by atoms with Crippen molar-refractivity contribution in [2.75, 3.05) is 17.2 Å². The van der Waals surface area contributed by atoms with Gasteiger partial charge in [-0.05, 0) is 59.4 Å². The number of nitrogens with two attached hydrogens (primary N) is 1. The number of benzene rings is 2. The third kappa shape index (κ3) is 4.60. The van der Waals surface area contributed by atoms with Gasteiger partial charge < -0.3 is 16.4 Å². The number of halogens is 3. The van der Waals surface area contributed by atoms with Gasteiger partial charge in [0.2, 0.25) is 11.9 Å². The fourth-order valence-corrected chi connectivity index (χ4v) is 3.84. The molecule has 0 fully saturated rings. The molecule has 0 saturated heterocycles. The number of anilines is 2. The Kier molecular flexibility index (Phi) is 5.44. The van der Waals surface area contributed by atoms with Crippen molar-refractivity contribution < 1.29 is 18.0 Å². The summed E-state index contributed by atoms with van der Waals surface area (Å²) in [5.74, 6) is 0.413. The predicted molar refractivity (Wildman–Crippen MR) is 109 cm³/mol. The van der Waals surface area contributed by atoms with Crippen LogP contribution in [0.2, 0.25) is 0 Å². The van der Waals surface area contributed by atoms with Gasteiger partial charge in [-0.3, -0.25) is 4.79 Å². The highest BCUT2D eigenvalue weighted by atomic mass is 32.1. The van der Waals surface area contributed by atoms with Gasteiger partial charge in [-0.1, -0.05) is 12.1 Å². The zero-order valence-electron chi connectivity index (χ0n) is 15.7. The molecule has 0 spiro atoms. The molecule has 0 saturated carbocycles. The maximum atomic E-state index is 12.6. The molecule has 156 valence electrons. The van der Waals surface area contributed by atoms with E-state index >= 15 is 0 Å². The van der Waals surface area contributed by atoms with Crippen molar-refractivity contribution in [2.24, 2.45) is 5.73 Å². The van der Waals surface area contributed by atoms with Crippen LogP contribution in [0.5, 0.6) is 0 Å². The summed E-state index contributed by atoms with van der Waals surface area (Å²) in [4.78, 5) is 15.9. The number of fused-ring (bicyclic) bond motifs is 1. The van der Waals surface area contributed by atoms with Gasteiger partial charge >= 0.3 is 6.18 Å². The standard InChI is InChI=1S/C20H18F3N5OS/c21-20(22,23)14-4-1-11(2-5-14)7-15(24)10-25-19-27-18(30-28-19)12-3-6-16-13(8-12)9-17(29)26-16/h1-6,8,15H,7,9-10,24H2,(H,25,28)(H,26,29)/t15-/m0/s1. The Morgan fingerprint density at radius 2 is 1.97 bits per heavy atom. The summed E-state index contributed by atoms with van der Waals surface area (Å²) in [7, 11) is 0. The molecule has 3 aromatic rings. The van der Waals surface area contributed by atoms with Gasteiger partial charge in [0.25, 0.3) is 0 Å². The lowest BCUT2D eigenvalue weighted by molar-refractivity contribution is -0.137. The highest BCUT2D eigenvalue weighted by molar-refractivity contribution is 7.09. The molecule has 1 aliphatic heterocycles. The van der Waals surface area contributed by atoms with Gasteiger partial charge in [0, 0.05) is 23.8 Å². The average Bonchev–Trinajstić information content (AvgIpc) is 3.31. The number of aromatic nitrogens is 2. The molecule has 2 heterocycles. The van der Waals surface area contributed by atoms with Gasteiger partial charge in [-0.2, -0.15) is 22.5 Å². The maximum Gasteiger partial charge on any atom is 0.416 e. The first-order valence-electron chi connectivity index (χ1n) is 9.20. The minimum absolute atomic E-state index is 0.0243. The van der Waals surface area contributed by atoms with Crippen LogP contribution in [0.15, 0.2) is 42.5 Å². The van der Waals surface area contributed by atoms with E-state index in [2.05, 4.69) is 20.0 Å². The molecule has 4 N–H and O–H groups in total. The van der Waals surface area contributed by atoms with E-state index in [0.717, 1.165) is 39.5 Å². The summed E-state index contributed by atoms with van der Waals surface area (Å²) in [5.41, 5.74) is 8.78. The van der Waals surface area contributed by atoms with Crippen LogP contribution in [-0.4, -0.2) is 27.9 Å². The van der Waals surface area contributed by atoms with Crippen molar-refractivity contribution in [3.05, 3.63) is 59.2 Å². The Morgan fingerprint density at radius 1 is 1.20 bits per heavy atom. The fraction of sp³-hybridized carbons (Fsp3) is 0.250. The van der Waals surface area contributed by atoms with Crippen LogP contribution in [0.25, 0.3) is 10.6 Å². The molecule has 1 amide bonds. The lowest BCUT2D eigenvalue weighted by Crippen LogP contribution is -2.31. The third-order valence-electron chi connectivity index (χ3n) is 4.70. The topological polar surface area (TPSA) is 92.9 Å². The van der Waals surface area contributed by atoms with Crippen molar-refractivity contribution in [3.63, 3.8) is 0 Å². The van der Waals surface area contributed by atoms with Crippen LogP contribution >= 0.6 is 11.5 Å². The number of carbonyl (C=O) groups excluding carboxylic acids is 1. The zero-order chi connectivity index (χ0) is 21.3. The van der Waals surface area contributed by atoms with E-state index in [1.807, 2.05) is 18.2 Å². The minimum atomic E-state index is -4.35. The smallest absolute Gasteiger partial charge is 0.352 e. The summed E-state index contributed by atoms with van der Waals surface area (Å²) >= 11 is 1.23. The number of nitrogens with zero attached hydrogens (tertiary/aromatic N) is 2. The Hall–Kier alpha value is -2.98. The lowest BCUT2D eigenvalue weighted by atomic mass is 10.0. The first kappa shape index (κ1) is 20.3.